The van der Waals surface area contributed by atoms with Crippen LogP contribution in [0.4, 0.5) is 5.82 Å². The van der Waals surface area contributed by atoms with Crippen LogP contribution in [0, 0.1) is 5.92 Å². The zero-order chi connectivity index (χ0) is 12.1. The molecule has 0 radical (unpaired) electrons. The molecule has 5 heteroatoms. The molecule has 0 aromatic carbocycles. The second-order valence-corrected chi connectivity index (χ2v) is 4.82. The zero-order valence-corrected chi connectivity index (χ0v) is 10.5. The van der Waals surface area contributed by atoms with E-state index >= 15 is 0 Å². The Labute approximate surface area is 103 Å². The molecule has 0 spiro atoms. The fraction of sp³-hybridized carbons (Fsp3) is 0.750. The maximum atomic E-state index is 5.57. The van der Waals surface area contributed by atoms with Crippen LogP contribution < -0.4 is 5.73 Å². The topological polar surface area (TPSA) is 56.3 Å². The van der Waals surface area contributed by atoms with Gasteiger partial charge in [0, 0.05) is 32.5 Å². The Morgan fingerprint density at radius 2 is 2.29 bits per heavy atom. The van der Waals surface area contributed by atoms with Gasteiger partial charge in [-0.2, -0.15) is 5.10 Å². The molecule has 1 saturated heterocycles. The molecular formula is C12H22N4O. The highest BCUT2D eigenvalue weighted by molar-refractivity contribution is 5.23. The lowest BCUT2D eigenvalue weighted by molar-refractivity contribution is 0.0553. The number of aromatic nitrogens is 2. The Kier molecular flexibility index (Phi) is 4.39. The van der Waals surface area contributed by atoms with Crippen LogP contribution in [0.3, 0.4) is 0 Å². The van der Waals surface area contributed by atoms with Gasteiger partial charge in [0.2, 0.25) is 0 Å². The van der Waals surface area contributed by atoms with E-state index in [1.165, 1.54) is 12.8 Å². The lowest BCUT2D eigenvalue weighted by atomic mass is 10.00. The van der Waals surface area contributed by atoms with Gasteiger partial charge in [0.15, 0.2) is 0 Å². The number of anilines is 1. The lowest BCUT2D eigenvalue weighted by Crippen LogP contribution is -2.31. The maximum Gasteiger partial charge on any atom is 0.145 e. The van der Waals surface area contributed by atoms with Crippen LogP contribution in [-0.4, -0.2) is 48.0 Å². The van der Waals surface area contributed by atoms with Crippen molar-refractivity contribution in [1.29, 1.82) is 0 Å². The fourth-order valence-corrected chi connectivity index (χ4v) is 2.24. The third kappa shape index (κ3) is 4.02. The van der Waals surface area contributed by atoms with Gasteiger partial charge in [-0.25, -0.2) is 0 Å². The average Bonchev–Trinajstić information content (AvgIpc) is 2.74. The third-order valence-electron chi connectivity index (χ3n) is 3.28. The minimum Gasteiger partial charge on any atom is -0.382 e. The normalized spacial score (nSPS) is 17.8. The van der Waals surface area contributed by atoms with E-state index in [1.54, 1.807) is 0 Å². The number of likely N-dealkylation sites (N-methyl/N-ethyl adjacent to an activating group) is 1. The summed E-state index contributed by atoms with van der Waals surface area (Å²) in [5.74, 6) is 1.38. The SMILES string of the molecule is CN(CCn1ccc(N)n1)CC1CCOCC1. The molecule has 0 saturated carbocycles. The Bertz CT molecular complexity index is 333. The molecule has 1 fully saturated rings. The van der Waals surface area contributed by atoms with Crippen LogP contribution in [0.25, 0.3) is 0 Å². The summed E-state index contributed by atoms with van der Waals surface area (Å²) >= 11 is 0. The molecule has 2 rings (SSSR count). The molecule has 1 aromatic rings. The van der Waals surface area contributed by atoms with E-state index in [9.17, 15) is 0 Å². The van der Waals surface area contributed by atoms with Crippen molar-refractivity contribution in [2.45, 2.75) is 19.4 Å². The lowest BCUT2D eigenvalue weighted by Gasteiger charge is -2.27. The summed E-state index contributed by atoms with van der Waals surface area (Å²) in [5, 5.41) is 4.18. The Hall–Kier alpha value is -1.07. The molecule has 0 amide bonds. The summed E-state index contributed by atoms with van der Waals surface area (Å²) in [5.41, 5.74) is 5.57. The first-order valence-corrected chi connectivity index (χ1v) is 6.29. The second kappa shape index (κ2) is 6.02. The summed E-state index contributed by atoms with van der Waals surface area (Å²) in [7, 11) is 2.17. The smallest absolute Gasteiger partial charge is 0.145 e. The first-order valence-electron chi connectivity index (χ1n) is 6.29. The first kappa shape index (κ1) is 12.4. The number of ether oxygens (including phenoxy) is 1. The molecule has 1 aliphatic heterocycles. The van der Waals surface area contributed by atoms with Gasteiger partial charge in [-0.1, -0.05) is 0 Å². The van der Waals surface area contributed by atoms with Crippen molar-refractivity contribution in [3.63, 3.8) is 0 Å². The molecule has 96 valence electrons. The highest BCUT2D eigenvalue weighted by atomic mass is 16.5. The van der Waals surface area contributed by atoms with Crippen LogP contribution in [0.15, 0.2) is 12.3 Å². The van der Waals surface area contributed by atoms with Crippen LogP contribution >= 0.6 is 0 Å². The minimum atomic E-state index is 0.595. The summed E-state index contributed by atoms with van der Waals surface area (Å²) in [4.78, 5) is 2.37. The fourth-order valence-electron chi connectivity index (χ4n) is 2.24. The van der Waals surface area contributed by atoms with Crippen molar-refractivity contribution in [3.05, 3.63) is 12.3 Å². The molecule has 0 bridgehead atoms. The largest absolute Gasteiger partial charge is 0.382 e. The standard InChI is InChI=1S/C12H22N4O/c1-15(10-11-3-8-17-9-4-11)6-7-16-5-2-12(13)14-16/h2,5,11H,3-4,6-10H2,1H3,(H2,13,14). The molecule has 1 aliphatic rings. The minimum absolute atomic E-state index is 0.595. The molecule has 0 aliphatic carbocycles. The molecular weight excluding hydrogens is 216 g/mol. The Morgan fingerprint density at radius 3 is 2.94 bits per heavy atom. The van der Waals surface area contributed by atoms with Crippen molar-refractivity contribution in [2.24, 2.45) is 5.92 Å². The van der Waals surface area contributed by atoms with E-state index in [2.05, 4.69) is 17.0 Å². The van der Waals surface area contributed by atoms with Crippen molar-refractivity contribution < 1.29 is 4.74 Å². The van der Waals surface area contributed by atoms with Gasteiger partial charge in [-0.05, 0) is 31.9 Å². The highest BCUT2D eigenvalue weighted by Crippen LogP contribution is 2.15. The molecule has 17 heavy (non-hydrogen) atoms. The summed E-state index contributed by atoms with van der Waals surface area (Å²) in [6, 6.07) is 1.83. The van der Waals surface area contributed by atoms with Crippen molar-refractivity contribution in [3.8, 4) is 0 Å². The molecule has 0 unspecified atom stereocenters. The van der Waals surface area contributed by atoms with Crippen LogP contribution in [0.5, 0.6) is 0 Å². The van der Waals surface area contributed by atoms with Crippen LogP contribution in [0.1, 0.15) is 12.8 Å². The highest BCUT2D eigenvalue weighted by Gasteiger charge is 2.15. The molecule has 1 aromatic heterocycles. The van der Waals surface area contributed by atoms with E-state index in [4.69, 9.17) is 10.5 Å². The summed E-state index contributed by atoms with van der Waals surface area (Å²) in [6.45, 7) is 4.91. The van der Waals surface area contributed by atoms with E-state index in [-0.39, 0.29) is 0 Å². The van der Waals surface area contributed by atoms with Gasteiger partial charge in [-0.15, -0.1) is 0 Å². The van der Waals surface area contributed by atoms with E-state index in [0.717, 1.165) is 38.8 Å². The number of nitrogen functional groups attached to an aromatic ring is 1. The average molecular weight is 238 g/mol. The van der Waals surface area contributed by atoms with Crippen molar-refractivity contribution in [2.75, 3.05) is 39.1 Å². The molecule has 2 heterocycles. The predicted molar refractivity (Wildman–Crippen MR) is 67.7 cm³/mol. The zero-order valence-electron chi connectivity index (χ0n) is 10.5. The van der Waals surface area contributed by atoms with Crippen LogP contribution in [-0.2, 0) is 11.3 Å². The van der Waals surface area contributed by atoms with Gasteiger partial charge in [-0.3, -0.25) is 4.68 Å². The van der Waals surface area contributed by atoms with E-state index < -0.39 is 0 Å². The van der Waals surface area contributed by atoms with E-state index in [1.807, 2.05) is 16.9 Å². The van der Waals surface area contributed by atoms with Gasteiger partial charge in [0.05, 0.1) is 6.54 Å². The van der Waals surface area contributed by atoms with Crippen LogP contribution in [0.2, 0.25) is 0 Å². The van der Waals surface area contributed by atoms with Gasteiger partial charge < -0.3 is 15.4 Å². The summed E-state index contributed by atoms with van der Waals surface area (Å²) < 4.78 is 7.27. The molecule has 2 N–H and O–H groups in total. The number of hydrogen-bond donors (Lipinski definition) is 1. The van der Waals surface area contributed by atoms with Gasteiger partial charge in [0.1, 0.15) is 5.82 Å². The van der Waals surface area contributed by atoms with Crippen molar-refractivity contribution >= 4 is 5.82 Å². The van der Waals surface area contributed by atoms with Gasteiger partial charge in [0.25, 0.3) is 0 Å². The first-order chi connectivity index (χ1) is 8.24. The van der Waals surface area contributed by atoms with E-state index in [0.29, 0.717) is 5.82 Å². The third-order valence-corrected chi connectivity index (χ3v) is 3.28. The Balaban J connectivity index is 1.68. The Morgan fingerprint density at radius 1 is 1.53 bits per heavy atom. The molecule has 0 atom stereocenters. The number of hydrogen-bond acceptors (Lipinski definition) is 4. The number of nitrogens with two attached hydrogens (primary N) is 1. The quantitative estimate of drug-likeness (QED) is 0.825. The number of nitrogens with zero attached hydrogens (tertiary/aromatic N) is 3. The maximum absolute atomic E-state index is 5.57. The second-order valence-electron chi connectivity index (χ2n) is 4.82. The predicted octanol–water partition coefficient (Wildman–Crippen LogP) is 0.824. The number of rotatable bonds is 5. The summed E-state index contributed by atoms with van der Waals surface area (Å²) in [6.07, 6.45) is 4.32. The monoisotopic (exact) mass is 238 g/mol. The molecule has 5 nitrogen and oxygen atoms in total. The van der Waals surface area contributed by atoms with Gasteiger partial charge >= 0.3 is 0 Å². The van der Waals surface area contributed by atoms with Crippen molar-refractivity contribution in [1.82, 2.24) is 14.7 Å².